The minimum Gasteiger partial charge on any atom is -0.368 e. The van der Waals surface area contributed by atoms with Gasteiger partial charge in [-0.05, 0) is 6.42 Å². The van der Waals surface area contributed by atoms with Crippen LogP contribution in [0.15, 0.2) is 0 Å². The lowest BCUT2D eigenvalue weighted by Gasteiger charge is -2.12. The van der Waals surface area contributed by atoms with Crippen LogP contribution < -0.4 is 5.73 Å². The van der Waals surface area contributed by atoms with Gasteiger partial charge in [-0.2, -0.15) is 5.21 Å². The number of aromatic amines is 1. The summed E-state index contributed by atoms with van der Waals surface area (Å²) in [5, 5.41) is 13.3. The molecule has 1 aromatic rings. The number of hydrogen-bond donors (Lipinski definition) is 2. The van der Waals surface area contributed by atoms with Crippen LogP contribution in [0, 0.1) is 0 Å². The van der Waals surface area contributed by atoms with Crippen molar-refractivity contribution in [3.05, 3.63) is 5.82 Å². The van der Waals surface area contributed by atoms with Crippen LogP contribution >= 0.6 is 0 Å². The zero-order valence-electron chi connectivity index (χ0n) is 8.09. The maximum atomic E-state index is 10.8. The fourth-order valence-electron chi connectivity index (χ4n) is 1.50. The van der Waals surface area contributed by atoms with Gasteiger partial charge in [-0.25, -0.2) is 4.79 Å². The second kappa shape index (κ2) is 4.22. The summed E-state index contributed by atoms with van der Waals surface area (Å²) < 4.78 is 5.49. The highest BCUT2D eigenvalue weighted by Gasteiger charge is 2.25. The molecule has 8 heteroatoms. The van der Waals surface area contributed by atoms with Gasteiger partial charge in [0.25, 0.3) is 0 Å². The predicted molar refractivity (Wildman–Crippen MR) is 48.5 cm³/mol. The highest BCUT2D eigenvalue weighted by atomic mass is 16.5. The molecular weight excluding hydrogens is 200 g/mol. The Morgan fingerprint density at radius 3 is 3.20 bits per heavy atom. The lowest BCUT2D eigenvalue weighted by atomic mass is 10.3. The summed E-state index contributed by atoms with van der Waals surface area (Å²) in [6.45, 7) is 1.48. The number of nitrogens with two attached hydrogens (primary N) is 1. The van der Waals surface area contributed by atoms with Gasteiger partial charge in [0.1, 0.15) is 6.61 Å². The van der Waals surface area contributed by atoms with Gasteiger partial charge >= 0.3 is 6.03 Å². The van der Waals surface area contributed by atoms with Gasteiger partial charge < -0.3 is 15.4 Å². The molecule has 0 saturated carbocycles. The van der Waals surface area contributed by atoms with E-state index >= 15 is 0 Å². The van der Waals surface area contributed by atoms with Gasteiger partial charge in [-0.3, -0.25) is 0 Å². The van der Waals surface area contributed by atoms with E-state index in [1.54, 1.807) is 4.90 Å². The first-order valence-electron chi connectivity index (χ1n) is 4.64. The third-order valence-electron chi connectivity index (χ3n) is 2.29. The summed E-state index contributed by atoms with van der Waals surface area (Å²) in [6.07, 6.45) is 0.803. The molecule has 0 bridgehead atoms. The Morgan fingerprint density at radius 2 is 2.60 bits per heavy atom. The fourth-order valence-corrected chi connectivity index (χ4v) is 1.50. The first-order chi connectivity index (χ1) is 7.25. The Balaban J connectivity index is 1.75. The molecular formula is C7H12N6O2. The SMILES string of the molecule is NC(=O)N1CCC(OCc2nn[nH]n2)C1. The normalized spacial score (nSPS) is 20.8. The van der Waals surface area contributed by atoms with E-state index in [4.69, 9.17) is 10.5 Å². The number of nitrogens with zero attached hydrogens (tertiary/aromatic N) is 4. The van der Waals surface area contributed by atoms with Gasteiger partial charge in [0.15, 0.2) is 5.82 Å². The van der Waals surface area contributed by atoms with Gasteiger partial charge in [0.05, 0.1) is 6.10 Å². The highest BCUT2D eigenvalue weighted by Crippen LogP contribution is 2.12. The van der Waals surface area contributed by atoms with Crippen LogP contribution in [0.2, 0.25) is 0 Å². The number of H-pyrrole nitrogens is 1. The van der Waals surface area contributed by atoms with E-state index < -0.39 is 6.03 Å². The van der Waals surface area contributed by atoms with Gasteiger partial charge in [-0.1, -0.05) is 5.21 Å². The molecule has 3 N–H and O–H groups in total. The number of likely N-dealkylation sites (tertiary alicyclic amines) is 1. The lowest BCUT2D eigenvalue weighted by Crippen LogP contribution is -2.34. The molecule has 2 rings (SSSR count). The monoisotopic (exact) mass is 212 g/mol. The van der Waals surface area contributed by atoms with E-state index in [0.29, 0.717) is 25.5 Å². The molecule has 1 saturated heterocycles. The number of tetrazole rings is 1. The van der Waals surface area contributed by atoms with Crippen molar-refractivity contribution < 1.29 is 9.53 Å². The van der Waals surface area contributed by atoms with Crippen LogP contribution in [-0.2, 0) is 11.3 Å². The Kier molecular flexibility index (Phi) is 2.77. The van der Waals surface area contributed by atoms with Crippen molar-refractivity contribution >= 4 is 6.03 Å². The van der Waals surface area contributed by atoms with E-state index in [1.165, 1.54) is 0 Å². The molecule has 0 aromatic carbocycles. The third kappa shape index (κ3) is 2.40. The minimum absolute atomic E-state index is 0.0102. The number of ether oxygens (including phenoxy) is 1. The van der Waals surface area contributed by atoms with Crippen molar-refractivity contribution in [1.82, 2.24) is 25.5 Å². The summed E-state index contributed by atoms with van der Waals surface area (Å²) in [6, 6.07) is -0.402. The van der Waals surface area contributed by atoms with E-state index in [-0.39, 0.29) is 6.10 Å². The van der Waals surface area contributed by atoms with Crippen molar-refractivity contribution in [2.24, 2.45) is 5.73 Å². The number of aromatic nitrogens is 4. The molecule has 0 spiro atoms. The fraction of sp³-hybridized carbons (Fsp3) is 0.714. The largest absolute Gasteiger partial charge is 0.368 e. The predicted octanol–water partition coefficient (Wildman–Crippen LogP) is -1.13. The van der Waals surface area contributed by atoms with Crippen LogP contribution in [0.4, 0.5) is 4.79 Å². The Bertz CT molecular complexity index is 326. The number of nitrogens with one attached hydrogen (secondary N) is 1. The highest BCUT2D eigenvalue weighted by molar-refractivity contribution is 5.72. The Morgan fingerprint density at radius 1 is 1.73 bits per heavy atom. The Hall–Kier alpha value is -1.70. The molecule has 82 valence electrons. The van der Waals surface area contributed by atoms with Crippen molar-refractivity contribution in [1.29, 1.82) is 0 Å². The van der Waals surface area contributed by atoms with Gasteiger partial charge in [0.2, 0.25) is 0 Å². The van der Waals surface area contributed by atoms with Gasteiger partial charge in [0, 0.05) is 13.1 Å². The van der Waals surface area contributed by atoms with Crippen LogP contribution in [0.25, 0.3) is 0 Å². The molecule has 0 aliphatic carbocycles. The number of urea groups is 1. The first kappa shape index (κ1) is 9.84. The lowest BCUT2D eigenvalue weighted by molar-refractivity contribution is 0.0450. The topological polar surface area (TPSA) is 110 Å². The molecule has 1 aliphatic heterocycles. The van der Waals surface area contributed by atoms with Crippen LogP contribution in [0.3, 0.4) is 0 Å². The van der Waals surface area contributed by atoms with E-state index in [1.807, 2.05) is 0 Å². The number of hydrogen-bond acceptors (Lipinski definition) is 5. The number of carbonyl (C=O) groups is 1. The smallest absolute Gasteiger partial charge is 0.314 e. The molecule has 2 amide bonds. The number of amides is 2. The molecule has 1 atom stereocenters. The number of carbonyl (C=O) groups excluding carboxylic acids is 1. The maximum absolute atomic E-state index is 10.8. The van der Waals surface area contributed by atoms with Crippen molar-refractivity contribution in [3.8, 4) is 0 Å². The number of primary amides is 1. The summed E-state index contributed by atoms with van der Waals surface area (Å²) in [5.41, 5.74) is 5.14. The first-order valence-corrected chi connectivity index (χ1v) is 4.64. The molecule has 8 nitrogen and oxygen atoms in total. The second-order valence-corrected chi connectivity index (χ2v) is 3.33. The minimum atomic E-state index is -0.402. The summed E-state index contributed by atoms with van der Waals surface area (Å²) >= 11 is 0. The maximum Gasteiger partial charge on any atom is 0.314 e. The zero-order valence-corrected chi connectivity index (χ0v) is 8.09. The molecule has 1 unspecified atom stereocenters. The van der Waals surface area contributed by atoms with Crippen molar-refractivity contribution in [2.75, 3.05) is 13.1 Å². The van der Waals surface area contributed by atoms with E-state index in [9.17, 15) is 4.79 Å². The average molecular weight is 212 g/mol. The van der Waals surface area contributed by atoms with Crippen molar-refractivity contribution in [3.63, 3.8) is 0 Å². The molecule has 0 radical (unpaired) electrons. The summed E-state index contributed by atoms with van der Waals surface area (Å²) in [5.74, 6) is 0.507. The molecule has 1 aromatic heterocycles. The van der Waals surface area contributed by atoms with Crippen LogP contribution in [0.1, 0.15) is 12.2 Å². The van der Waals surface area contributed by atoms with Crippen LogP contribution in [-0.4, -0.2) is 50.7 Å². The summed E-state index contributed by atoms with van der Waals surface area (Å²) in [7, 11) is 0. The van der Waals surface area contributed by atoms with E-state index in [2.05, 4.69) is 20.6 Å². The molecule has 1 fully saturated rings. The quantitative estimate of drug-likeness (QED) is 0.658. The summed E-state index contributed by atoms with van der Waals surface area (Å²) in [4.78, 5) is 12.4. The standard InChI is InChI=1S/C7H12N6O2/c8-7(14)13-2-1-5(3-13)15-4-6-9-11-12-10-6/h5H,1-4H2,(H2,8,14)(H,9,10,11,12). The molecule has 15 heavy (non-hydrogen) atoms. The Labute approximate surface area is 85.8 Å². The number of rotatable bonds is 3. The zero-order chi connectivity index (χ0) is 10.7. The average Bonchev–Trinajstić information content (AvgIpc) is 2.86. The molecule has 1 aliphatic rings. The second-order valence-electron chi connectivity index (χ2n) is 3.33. The van der Waals surface area contributed by atoms with Gasteiger partial charge in [-0.15, -0.1) is 10.2 Å². The van der Waals surface area contributed by atoms with Crippen LogP contribution in [0.5, 0.6) is 0 Å². The third-order valence-corrected chi connectivity index (χ3v) is 2.29. The van der Waals surface area contributed by atoms with Crippen molar-refractivity contribution in [2.45, 2.75) is 19.1 Å². The molecule has 2 heterocycles. The van der Waals surface area contributed by atoms with E-state index in [0.717, 1.165) is 6.42 Å².